The predicted octanol–water partition coefficient (Wildman–Crippen LogP) is 2.59. The smallest absolute Gasteiger partial charge is 0.303 e. The number of nitrogens with zero attached hydrogens (tertiary/aromatic N) is 1. The highest BCUT2D eigenvalue weighted by molar-refractivity contribution is 6.21. The van der Waals surface area contributed by atoms with Crippen LogP contribution in [0.5, 0.6) is 0 Å². The zero-order valence-corrected chi connectivity index (χ0v) is 12.6. The lowest BCUT2D eigenvalue weighted by molar-refractivity contribution is -0.147. The molecule has 1 aliphatic heterocycles. The van der Waals surface area contributed by atoms with Crippen molar-refractivity contribution in [2.75, 3.05) is 6.54 Å². The standard InChI is InChI=1S/C18H15NO4/c1-12(20)23-16(13-7-3-2-4-8-13)11-19-17(21)14-9-5-6-10-15(14)18(19)22/h2-10,16H,11H2,1H3/t16-/m0/s1. The van der Waals surface area contributed by atoms with Crippen LogP contribution in [0, 0.1) is 0 Å². The van der Waals surface area contributed by atoms with Gasteiger partial charge in [0.15, 0.2) is 0 Å². The largest absolute Gasteiger partial charge is 0.456 e. The van der Waals surface area contributed by atoms with Crippen LogP contribution in [0.1, 0.15) is 39.3 Å². The number of ether oxygens (including phenoxy) is 1. The minimum Gasteiger partial charge on any atom is -0.456 e. The number of benzene rings is 2. The fraction of sp³-hybridized carbons (Fsp3) is 0.167. The lowest BCUT2D eigenvalue weighted by atomic mass is 10.1. The third kappa shape index (κ3) is 2.85. The number of imide groups is 1. The second kappa shape index (κ2) is 6.04. The molecule has 0 aliphatic carbocycles. The fourth-order valence-corrected chi connectivity index (χ4v) is 2.65. The van der Waals surface area contributed by atoms with Gasteiger partial charge in [-0.3, -0.25) is 19.3 Å². The van der Waals surface area contributed by atoms with Gasteiger partial charge in [0, 0.05) is 6.92 Å². The van der Waals surface area contributed by atoms with Crippen molar-refractivity contribution in [1.29, 1.82) is 0 Å². The maximum absolute atomic E-state index is 12.4. The Bertz CT molecular complexity index is 735. The summed E-state index contributed by atoms with van der Waals surface area (Å²) in [7, 11) is 0. The van der Waals surface area contributed by atoms with E-state index in [-0.39, 0.29) is 18.4 Å². The molecule has 2 amide bonds. The van der Waals surface area contributed by atoms with Crippen LogP contribution in [0.15, 0.2) is 54.6 Å². The van der Waals surface area contributed by atoms with Crippen LogP contribution in [0.4, 0.5) is 0 Å². The van der Waals surface area contributed by atoms with Crippen LogP contribution in [0.3, 0.4) is 0 Å². The second-order valence-electron chi connectivity index (χ2n) is 5.28. The molecule has 1 heterocycles. The van der Waals surface area contributed by atoms with Gasteiger partial charge in [-0.1, -0.05) is 42.5 Å². The van der Waals surface area contributed by atoms with Crippen molar-refractivity contribution < 1.29 is 19.1 Å². The van der Waals surface area contributed by atoms with Crippen LogP contribution in [-0.4, -0.2) is 29.2 Å². The Morgan fingerprint density at radius 2 is 1.48 bits per heavy atom. The molecule has 1 atom stereocenters. The Morgan fingerprint density at radius 3 is 2.00 bits per heavy atom. The molecule has 2 aromatic rings. The van der Waals surface area contributed by atoms with Gasteiger partial charge in [-0.15, -0.1) is 0 Å². The van der Waals surface area contributed by atoms with Crippen molar-refractivity contribution in [2.45, 2.75) is 13.0 Å². The van der Waals surface area contributed by atoms with Crippen LogP contribution in [0.2, 0.25) is 0 Å². The SMILES string of the molecule is CC(=O)O[C@@H](CN1C(=O)c2ccccc2C1=O)c1ccccc1. The maximum atomic E-state index is 12.4. The number of carbonyl (C=O) groups excluding carboxylic acids is 3. The highest BCUT2D eigenvalue weighted by atomic mass is 16.5. The zero-order valence-electron chi connectivity index (χ0n) is 12.6. The summed E-state index contributed by atoms with van der Waals surface area (Å²) in [5.41, 5.74) is 1.50. The van der Waals surface area contributed by atoms with Gasteiger partial charge in [-0.2, -0.15) is 0 Å². The number of esters is 1. The molecule has 1 aliphatic rings. The van der Waals surface area contributed by atoms with Gasteiger partial charge in [0.05, 0.1) is 17.7 Å². The Hall–Kier alpha value is -2.95. The highest BCUT2D eigenvalue weighted by Crippen LogP contribution is 2.26. The van der Waals surface area contributed by atoms with Crippen molar-refractivity contribution in [3.8, 4) is 0 Å². The summed E-state index contributed by atoms with van der Waals surface area (Å²) in [4.78, 5) is 37.4. The molecule has 0 N–H and O–H groups in total. The van der Waals surface area contributed by atoms with Crippen LogP contribution in [-0.2, 0) is 9.53 Å². The first-order valence-corrected chi connectivity index (χ1v) is 7.25. The summed E-state index contributed by atoms with van der Waals surface area (Å²) in [6, 6.07) is 15.7. The van der Waals surface area contributed by atoms with E-state index in [1.807, 2.05) is 18.2 Å². The Kier molecular flexibility index (Phi) is 3.93. The number of carbonyl (C=O) groups is 3. The van der Waals surface area contributed by atoms with E-state index in [9.17, 15) is 14.4 Å². The Labute approximate surface area is 133 Å². The molecule has 5 nitrogen and oxygen atoms in total. The average molecular weight is 309 g/mol. The number of amides is 2. The molecular formula is C18H15NO4. The molecule has 116 valence electrons. The van der Waals surface area contributed by atoms with Gasteiger partial charge >= 0.3 is 5.97 Å². The van der Waals surface area contributed by atoms with Gasteiger partial charge in [-0.25, -0.2) is 0 Å². The van der Waals surface area contributed by atoms with E-state index in [0.717, 1.165) is 10.5 Å². The molecular weight excluding hydrogens is 294 g/mol. The summed E-state index contributed by atoms with van der Waals surface area (Å²) in [6.45, 7) is 1.30. The average Bonchev–Trinajstić information content (AvgIpc) is 2.80. The molecule has 0 aromatic heterocycles. The minimum absolute atomic E-state index is 0.00403. The molecule has 5 heteroatoms. The van der Waals surface area contributed by atoms with Crippen molar-refractivity contribution in [3.05, 3.63) is 71.3 Å². The number of rotatable bonds is 4. The summed E-state index contributed by atoms with van der Waals surface area (Å²) in [6.07, 6.45) is -0.684. The quantitative estimate of drug-likeness (QED) is 0.643. The summed E-state index contributed by atoms with van der Waals surface area (Å²) in [5, 5.41) is 0. The van der Waals surface area contributed by atoms with E-state index in [0.29, 0.717) is 11.1 Å². The topological polar surface area (TPSA) is 63.7 Å². The number of fused-ring (bicyclic) bond motifs is 1. The Morgan fingerprint density at radius 1 is 0.957 bits per heavy atom. The number of hydrogen-bond acceptors (Lipinski definition) is 4. The minimum atomic E-state index is -0.684. The first-order valence-electron chi connectivity index (χ1n) is 7.25. The van der Waals surface area contributed by atoms with E-state index in [4.69, 9.17) is 4.74 Å². The molecule has 0 saturated carbocycles. The lowest BCUT2D eigenvalue weighted by Crippen LogP contribution is -2.35. The highest BCUT2D eigenvalue weighted by Gasteiger charge is 2.37. The van der Waals surface area contributed by atoms with Crippen molar-refractivity contribution in [1.82, 2.24) is 4.90 Å². The van der Waals surface area contributed by atoms with E-state index in [1.165, 1.54) is 6.92 Å². The Balaban J connectivity index is 1.88. The van der Waals surface area contributed by atoms with E-state index < -0.39 is 12.1 Å². The van der Waals surface area contributed by atoms with Crippen molar-refractivity contribution >= 4 is 17.8 Å². The first kappa shape index (κ1) is 15.0. The van der Waals surface area contributed by atoms with E-state index in [2.05, 4.69) is 0 Å². The molecule has 3 rings (SSSR count). The van der Waals surface area contributed by atoms with Crippen LogP contribution < -0.4 is 0 Å². The molecule has 0 unspecified atom stereocenters. The van der Waals surface area contributed by atoms with Crippen molar-refractivity contribution in [3.63, 3.8) is 0 Å². The predicted molar refractivity (Wildman–Crippen MR) is 82.8 cm³/mol. The zero-order chi connectivity index (χ0) is 16.4. The lowest BCUT2D eigenvalue weighted by Gasteiger charge is -2.22. The van der Waals surface area contributed by atoms with Gasteiger partial charge in [-0.05, 0) is 17.7 Å². The van der Waals surface area contributed by atoms with Gasteiger partial charge in [0.25, 0.3) is 11.8 Å². The summed E-state index contributed by atoms with van der Waals surface area (Å²) >= 11 is 0. The van der Waals surface area contributed by atoms with Gasteiger partial charge < -0.3 is 4.74 Å². The molecule has 2 aromatic carbocycles. The molecule has 0 spiro atoms. The van der Waals surface area contributed by atoms with Crippen LogP contribution >= 0.6 is 0 Å². The van der Waals surface area contributed by atoms with Crippen molar-refractivity contribution in [2.24, 2.45) is 0 Å². The van der Waals surface area contributed by atoms with E-state index in [1.54, 1.807) is 36.4 Å². The third-order valence-electron chi connectivity index (χ3n) is 3.71. The van der Waals surface area contributed by atoms with Crippen LogP contribution in [0.25, 0.3) is 0 Å². The molecule has 0 fully saturated rings. The molecule has 0 bridgehead atoms. The van der Waals surface area contributed by atoms with Gasteiger partial charge in [0.2, 0.25) is 0 Å². The number of hydrogen-bond donors (Lipinski definition) is 0. The van der Waals surface area contributed by atoms with E-state index >= 15 is 0 Å². The monoisotopic (exact) mass is 309 g/mol. The molecule has 0 radical (unpaired) electrons. The van der Waals surface area contributed by atoms with Gasteiger partial charge in [0.1, 0.15) is 6.10 Å². The summed E-state index contributed by atoms with van der Waals surface area (Å²) in [5.74, 6) is -1.19. The summed E-state index contributed by atoms with van der Waals surface area (Å²) < 4.78 is 5.31. The second-order valence-corrected chi connectivity index (χ2v) is 5.28. The first-order chi connectivity index (χ1) is 11.1. The normalized spacial score (nSPS) is 14.6. The third-order valence-corrected chi connectivity index (χ3v) is 3.71. The molecule has 0 saturated heterocycles. The molecule has 23 heavy (non-hydrogen) atoms. The maximum Gasteiger partial charge on any atom is 0.303 e. The fourth-order valence-electron chi connectivity index (χ4n) is 2.65.